The minimum atomic E-state index is 0.286. The second-order valence-corrected chi connectivity index (χ2v) is 4.70. The van der Waals surface area contributed by atoms with Gasteiger partial charge in [-0.2, -0.15) is 5.11 Å². The zero-order chi connectivity index (χ0) is 9.80. The Hall–Kier alpha value is -0.0100. The number of halogens is 1. The van der Waals surface area contributed by atoms with Crippen molar-refractivity contribution in [2.24, 2.45) is 10.2 Å². The lowest BCUT2D eigenvalue weighted by Crippen LogP contribution is -2.36. The van der Waals surface area contributed by atoms with Gasteiger partial charge in [0.05, 0.1) is 0 Å². The Bertz CT molecular complexity index is 243. The summed E-state index contributed by atoms with van der Waals surface area (Å²) in [5.41, 5.74) is 0. The van der Waals surface area contributed by atoms with Crippen LogP contribution in [0.3, 0.4) is 0 Å². The summed E-state index contributed by atoms with van der Waals surface area (Å²) in [4.78, 5) is 2.42. The van der Waals surface area contributed by atoms with Crippen LogP contribution in [-0.4, -0.2) is 37.2 Å². The van der Waals surface area contributed by atoms with Crippen LogP contribution in [-0.2, 0) is 0 Å². The molecule has 0 radical (unpaired) electrons. The molecule has 0 aromatic carbocycles. The number of nitrogens with one attached hydrogen (secondary N) is 1. The standard InChI is InChI=1S/C9H15IN4/c10-8-2-3-9(13-12-8)14-6-1-4-11-5-7-14/h2,9,11H,1,3-7H2. The van der Waals surface area contributed by atoms with Gasteiger partial charge < -0.3 is 5.32 Å². The van der Waals surface area contributed by atoms with Gasteiger partial charge in [0.2, 0.25) is 0 Å². The summed E-state index contributed by atoms with van der Waals surface area (Å²) in [6, 6.07) is 0. The smallest absolute Gasteiger partial charge is 0.127 e. The number of hydrogen-bond acceptors (Lipinski definition) is 4. The molecule has 0 aliphatic carbocycles. The van der Waals surface area contributed by atoms with E-state index in [1.165, 1.54) is 6.42 Å². The third-order valence-electron chi connectivity index (χ3n) is 2.58. The Morgan fingerprint density at radius 1 is 1.43 bits per heavy atom. The van der Waals surface area contributed by atoms with E-state index in [9.17, 15) is 0 Å². The summed E-state index contributed by atoms with van der Waals surface area (Å²) in [7, 11) is 0. The molecule has 2 rings (SSSR count). The number of hydrogen-bond donors (Lipinski definition) is 1. The van der Waals surface area contributed by atoms with Crippen molar-refractivity contribution in [2.75, 3.05) is 26.2 Å². The predicted molar refractivity (Wildman–Crippen MR) is 64.4 cm³/mol. The van der Waals surface area contributed by atoms with Crippen LogP contribution in [0.1, 0.15) is 12.8 Å². The minimum Gasteiger partial charge on any atom is -0.315 e. The molecule has 0 aromatic rings. The highest BCUT2D eigenvalue weighted by Gasteiger charge is 2.19. The lowest BCUT2D eigenvalue weighted by Gasteiger charge is -2.26. The first kappa shape index (κ1) is 10.5. The topological polar surface area (TPSA) is 40.0 Å². The van der Waals surface area contributed by atoms with Crippen LogP contribution in [0, 0.1) is 0 Å². The Balaban J connectivity index is 1.91. The molecule has 1 N–H and O–H groups in total. The van der Waals surface area contributed by atoms with Crippen LogP contribution in [0.4, 0.5) is 0 Å². The maximum absolute atomic E-state index is 4.32. The second-order valence-electron chi connectivity index (χ2n) is 3.60. The van der Waals surface area contributed by atoms with Gasteiger partial charge in [0.25, 0.3) is 0 Å². The summed E-state index contributed by atoms with van der Waals surface area (Å²) in [5.74, 6) is 0. The molecular formula is C9H15IN4. The van der Waals surface area contributed by atoms with Gasteiger partial charge in [0.1, 0.15) is 9.87 Å². The highest BCUT2D eigenvalue weighted by Crippen LogP contribution is 2.20. The van der Waals surface area contributed by atoms with Crippen molar-refractivity contribution >= 4 is 22.6 Å². The summed E-state index contributed by atoms with van der Waals surface area (Å²) >= 11 is 2.22. The van der Waals surface area contributed by atoms with Crippen molar-refractivity contribution in [1.82, 2.24) is 10.2 Å². The first-order valence-corrected chi connectivity index (χ1v) is 6.15. The van der Waals surface area contributed by atoms with Gasteiger partial charge in [0.15, 0.2) is 0 Å². The largest absolute Gasteiger partial charge is 0.315 e. The molecule has 2 aliphatic rings. The predicted octanol–water partition coefficient (Wildman–Crippen LogP) is 1.74. The van der Waals surface area contributed by atoms with Crippen molar-refractivity contribution in [3.05, 3.63) is 9.78 Å². The van der Waals surface area contributed by atoms with Crippen molar-refractivity contribution < 1.29 is 0 Å². The lowest BCUT2D eigenvalue weighted by atomic mass is 10.2. The van der Waals surface area contributed by atoms with Gasteiger partial charge in [0, 0.05) is 26.1 Å². The fraction of sp³-hybridized carbons (Fsp3) is 0.778. The van der Waals surface area contributed by atoms with Crippen LogP contribution in [0.15, 0.2) is 20.0 Å². The summed E-state index contributed by atoms with van der Waals surface area (Å²) in [5, 5.41) is 11.8. The van der Waals surface area contributed by atoms with E-state index in [0.29, 0.717) is 0 Å². The molecule has 0 saturated carbocycles. The molecule has 5 heteroatoms. The fourth-order valence-electron chi connectivity index (χ4n) is 1.80. The average Bonchev–Trinajstić information content (AvgIpc) is 2.47. The molecule has 2 aliphatic heterocycles. The van der Waals surface area contributed by atoms with E-state index < -0.39 is 0 Å². The molecule has 1 saturated heterocycles. The normalized spacial score (nSPS) is 29.8. The Morgan fingerprint density at radius 3 is 3.14 bits per heavy atom. The molecular weight excluding hydrogens is 291 g/mol. The van der Waals surface area contributed by atoms with E-state index in [-0.39, 0.29) is 6.17 Å². The molecule has 0 amide bonds. The van der Waals surface area contributed by atoms with Gasteiger partial charge in [-0.25, -0.2) is 0 Å². The first-order valence-electron chi connectivity index (χ1n) is 5.07. The SMILES string of the molecule is IC1=CCC(N2CCCNCC2)N=N1. The first-order chi connectivity index (χ1) is 6.86. The lowest BCUT2D eigenvalue weighted by molar-refractivity contribution is 0.207. The third kappa shape index (κ3) is 2.74. The maximum atomic E-state index is 4.32. The Kier molecular flexibility index (Phi) is 3.89. The molecule has 0 aromatic heterocycles. The van der Waals surface area contributed by atoms with E-state index in [2.05, 4.69) is 49.1 Å². The number of azo groups is 1. The summed E-state index contributed by atoms with van der Waals surface area (Å²) < 4.78 is 1.02. The molecule has 78 valence electrons. The van der Waals surface area contributed by atoms with Crippen LogP contribution in [0.25, 0.3) is 0 Å². The van der Waals surface area contributed by atoms with Crippen molar-refractivity contribution in [1.29, 1.82) is 0 Å². The zero-order valence-electron chi connectivity index (χ0n) is 8.12. The molecule has 0 bridgehead atoms. The van der Waals surface area contributed by atoms with E-state index >= 15 is 0 Å². The van der Waals surface area contributed by atoms with Gasteiger partial charge in [-0.15, -0.1) is 5.11 Å². The number of rotatable bonds is 1. The Labute approximate surface area is 98.0 Å². The van der Waals surface area contributed by atoms with Crippen molar-refractivity contribution in [2.45, 2.75) is 19.0 Å². The van der Waals surface area contributed by atoms with Crippen LogP contribution < -0.4 is 5.32 Å². The molecule has 1 atom stereocenters. The van der Waals surface area contributed by atoms with Gasteiger partial charge in [-0.1, -0.05) is 0 Å². The molecule has 1 unspecified atom stereocenters. The molecule has 14 heavy (non-hydrogen) atoms. The minimum absolute atomic E-state index is 0.286. The van der Waals surface area contributed by atoms with Crippen LogP contribution in [0.2, 0.25) is 0 Å². The zero-order valence-corrected chi connectivity index (χ0v) is 10.3. The number of nitrogens with zero attached hydrogens (tertiary/aromatic N) is 3. The van der Waals surface area contributed by atoms with E-state index in [1.807, 2.05) is 0 Å². The highest BCUT2D eigenvalue weighted by atomic mass is 127. The monoisotopic (exact) mass is 306 g/mol. The second kappa shape index (κ2) is 5.18. The summed E-state index contributed by atoms with van der Waals surface area (Å²) in [6.07, 6.45) is 4.68. The quantitative estimate of drug-likeness (QED) is 0.592. The summed E-state index contributed by atoms with van der Waals surface area (Å²) in [6.45, 7) is 4.44. The highest BCUT2D eigenvalue weighted by molar-refractivity contribution is 14.1. The van der Waals surface area contributed by atoms with Gasteiger partial charge in [-0.05, 0) is 41.6 Å². The van der Waals surface area contributed by atoms with E-state index in [4.69, 9.17) is 0 Å². The molecule has 0 spiro atoms. The van der Waals surface area contributed by atoms with Crippen LogP contribution >= 0.6 is 22.6 Å². The molecule has 1 fully saturated rings. The van der Waals surface area contributed by atoms with E-state index in [1.54, 1.807) is 0 Å². The van der Waals surface area contributed by atoms with Crippen molar-refractivity contribution in [3.8, 4) is 0 Å². The average molecular weight is 306 g/mol. The van der Waals surface area contributed by atoms with Crippen molar-refractivity contribution in [3.63, 3.8) is 0 Å². The molecule has 4 nitrogen and oxygen atoms in total. The fourth-order valence-corrected chi connectivity index (χ4v) is 2.18. The van der Waals surface area contributed by atoms with Crippen LogP contribution in [0.5, 0.6) is 0 Å². The van der Waals surface area contributed by atoms with Gasteiger partial charge in [-0.3, -0.25) is 4.90 Å². The third-order valence-corrected chi connectivity index (χ3v) is 3.24. The van der Waals surface area contributed by atoms with Gasteiger partial charge >= 0.3 is 0 Å². The Morgan fingerprint density at radius 2 is 2.36 bits per heavy atom. The van der Waals surface area contributed by atoms with E-state index in [0.717, 1.165) is 36.3 Å². The molecule has 2 heterocycles. The maximum Gasteiger partial charge on any atom is 0.127 e.